The zero-order valence-electron chi connectivity index (χ0n) is 13.7. The number of para-hydroxylation sites is 1. The Morgan fingerprint density at radius 2 is 1.96 bits per heavy atom. The summed E-state index contributed by atoms with van der Waals surface area (Å²) >= 11 is 1.50. The maximum Gasteiger partial charge on any atom is 0.261 e. The molecular weight excluding hydrogens is 306 g/mol. The van der Waals surface area contributed by atoms with E-state index in [0.29, 0.717) is 0 Å². The number of thiophene rings is 1. The van der Waals surface area contributed by atoms with Crippen LogP contribution in [0.5, 0.6) is 0 Å². The van der Waals surface area contributed by atoms with Crippen molar-refractivity contribution in [2.45, 2.75) is 39.7 Å². The first-order valence-corrected chi connectivity index (χ1v) is 8.81. The van der Waals surface area contributed by atoms with Crippen LogP contribution < -0.4 is 5.32 Å². The summed E-state index contributed by atoms with van der Waals surface area (Å²) in [5.41, 5.74) is 1.96. The van der Waals surface area contributed by atoms with Crippen LogP contribution in [0.15, 0.2) is 36.4 Å². The van der Waals surface area contributed by atoms with Crippen LogP contribution in [0, 0.1) is 6.92 Å². The Labute approximate surface area is 140 Å². The first-order valence-electron chi connectivity index (χ1n) is 7.99. The maximum absolute atomic E-state index is 12.5. The van der Waals surface area contributed by atoms with Gasteiger partial charge < -0.3 is 5.32 Å². The number of amides is 1. The van der Waals surface area contributed by atoms with E-state index in [9.17, 15) is 4.79 Å². The second-order valence-electron chi connectivity index (χ2n) is 5.65. The smallest absolute Gasteiger partial charge is 0.261 e. The van der Waals surface area contributed by atoms with E-state index in [-0.39, 0.29) is 11.9 Å². The van der Waals surface area contributed by atoms with Gasteiger partial charge in [-0.3, -0.25) is 4.79 Å². The third-order valence-electron chi connectivity index (χ3n) is 4.09. The summed E-state index contributed by atoms with van der Waals surface area (Å²) in [6, 6.07) is 12.2. The van der Waals surface area contributed by atoms with Gasteiger partial charge in [0.05, 0.1) is 16.3 Å². The van der Waals surface area contributed by atoms with Crippen LogP contribution in [0.4, 0.5) is 0 Å². The molecule has 2 heterocycles. The fourth-order valence-electron chi connectivity index (χ4n) is 2.65. The second kappa shape index (κ2) is 6.54. The molecule has 0 radical (unpaired) electrons. The van der Waals surface area contributed by atoms with Crippen molar-refractivity contribution in [3.05, 3.63) is 47.0 Å². The molecule has 0 aliphatic heterocycles. The molecule has 3 rings (SSSR count). The minimum absolute atomic E-state index is 0.0129. The Morgan fingerprint density at radius 3 is 2.61 bits per heavy atom. The van der Waals surface area contributed by atoms with E-state index in [0.717, 1.165) is 39.3 Å². The Hall–Kier alpha value is -2.14. The first-order chi connectivity index (χ1) is 11.1. The predicted octanol–water partition coefficient (Wildman–Crippen LogP) is 4.31. The molecule has 2 aromatic heterocycles. The van der Waals surface area contributed by atoms with E-state index in [4.69, 9.17) is 0 Å². The second-order valence-corrected chi connectivity index (χ2v) is 6.68. The van der Waals surface area contributed by atoms with Gasteiger partial charge in [0, 0.05) is 11.4 Å². The van der Waals surface area contributed by atoms with Crippen molar-refractivity contribution in [1.29, 1.82) is 0 Å². The van der Waals surface area contributed by atoms with Crippen molar-refractivity contribution in [2.75, 3.05) is 0 Å². The summed E-state index contributed by atoms with van der Waals surface area (Å²) in [6.45, 7) is 6.17. The van der Waals surface area contributed by atoms with Crippen LogP contribution in [0.1, 0.15) is 42.1 Å². The minimum atomic E-state index is 0.0129. The van der Waals surface area contributed by atoms with Crippen molar-refractivity contribution < 1.29 is 4.79 Å². The fourth-order valence-corrected chi connectivity index (χ4v) is 3.74. The molecule has 3 aromatic rings. The van der Waals surface area contributed by atoms with Crippen molar-refractivity contribution in [3.8, 4) is 5.69 Å². The van der Waals surface area contributed by atoms with Gasteiger partial charge in [-0.15, -0.1) is 11.3 Å². The molecule has 0 unspecified atom stereocenters. The molecule has 0 saturated heterocycles. The lowest BCUT2D eigenvalue weighted by Crippen LogP contribution is -2.33. The van der Waals surface area contributed by atoms with Crippen LogP contribution in [-0.4, -0.2) is 21.7 Å². The Balaban J connectivity index is 1.98. The summed E-state index contributed by atoms with van der Waals surface area (Å²) in [5.74, 6) is 0.0129. The van der Waals surface area contributed by atoms with Crippen LogP contribution in [-0.2, 0) is 0 Å². The van der Waals surface area contributed by atoms with Crippen molar-refractivity contribution in [1.82, 2.24) is 15.1 Å². The topological polar surface area (TPSA) is 46.9 Å². The van der Waals surface area contributed by atoms with Gasteiger partial charge in [0.15, 0.2) is 0 Å². The number of carbonyl (C=O) groups excluding carboxylic acids is 1. The number of aryl methyl sites for hydroxylation is 1. The monoisotopic (exact) mass is 327 g/mol. The fraction of sp³-hybridized carbons (Fsp3) is 0.333. The van der Waals surface area contributed by atoms with Crippen LogP contribution >= 0.6 is 11.3 Å². The molecule has 0 saturated carbocycles. The summed E-state index contributed by atoms with van der Waals surface area (Å²) in [4.78, 5) is 14.2. The van der Waals surface area contributed by atoms with E-state index in [2.05, 4.69) is 24.3 Å². The van der Waals surface area contributed by atoms with Crippen molar-refractivity contribution in [3.63, 3.8) is 0 Å². The molecule has 0 spiro atoms. The predicted molar refractivity (Wildman–Crippen MR) is 95.5 cm³/mol. The third kappa shape index (κ3) is 3.01. The zero-order chi connectivity index (χ0) is 16.4. The molecule has 120 valence electrons. The van der Waals surface area contributed by atoms with Gasteiger partial charge in [0.1, 0.15) is 4.83 Å². The molecule has 1 N–H and O–H groups in total. The summed E-state index contributed by atoms with van der Waals surface area (Å²) < 4.78 is 1.92. The number of benzene rings is 1. The zero-order valence-corrected chi connectivity index (χ0v) is 14.5. The van der Waals surface area contributed by atoms with Gasteiger partial charge in [-0.05, 0) is 38.0 Å². The van der Waals surface area contributed by atoms with Gasteiger partial charge in [0.2, 0.25) is 0 Å². The van der Waals surface area contributed by atoms with Gasteiger partial charge in [-0.1, -0.05) is 32.0 Å². The molecule has 1 aromatic carbocycles. The number of nitrogens with zero attached hydrogens (tertiary/aromatic N) is 2. The molecule has 0 bridgehead atoms. The summed E-state index contributed by atoms with van der Waals surface area (Å²) in [7, 11) is 0. The average molecular weight is 327 g/mol. The van der Waals surface area contributed by atoms with Crippen LogP contribution in [0.3, 0.4) is 0 Å². The highest BCUT2D eigenvalue weighted by atomic mass is 32.1. The Morgan fingerprint density at radius 1 is 1.26 bits per heavy atom. The lowest BCUT2D eigenvalue weighted by atomic mass is 10.1. The molecule has 23 heavy (non-hydrogen) atoms. The van der Waals surface area contributed by atoms with Gasteiger partial charge in [-0.2, -0.15) is 5.10 Å². The highest BCUT2D eigenvalue weighted by Crippen LogP contribution is 2.30. The van der Waals surface area contributed by atoms with Gasteiger partial charge >= 0.3 is 0 Å². The van der Waals surface area contributed by atoms with Crippen molar-refractivity contribution in [2.24, 2.45) is 0 Å². The molecular formula is C18H21N3OS. The quantitative estimate of drug-likeness (QED) is 0.759. The highest BCUT2D eigenvalue weighted by molar-refractivity contribution is 7.20. The number of rotatable bonds is 5. The average Bonchev–Trinajstić information content (AvgIpc) is 3.14. The summed E-state index contributed by atoms with van der Waals surface area (Å²) in [5, 5.41) is 8.76. The number of hydrogen-bond donors (Lipinski definition) is 1. The number of nitrogens with one attached hydrogen (secondary N) is 1. The van der Waals surface area contributed by atoms with E-state index in [1.807, 2.05) is 48.0 Å². The molecule has 0 atom stereocenters. The van der Waals surface area contributed by atoms with Gasteiger partial charge in [0.25, 0.3) is 5.91 Å². The van der Waals surface area contributed by atoms with Crippen LogP contribution in [0.25, 0.3) is 15.9 Å². The van der Waals surface area contributed by atoms with E-state index in [1.54, 1.807) is 0 Å². The summed E-state index contributed by atoms with van der Waals surface area (Å²) in [6.07, 6.45) is 1.90. The van der Waals surface area contributed by atoms with Gasteiger partial charge in [-0.25, -0.2) is 4.68 Å². The first kappa shape index (κ1) is 15.7. The van der Waals surface area contributed by atoms with Crippen LogP contribution in [0.2, 0.25) is 0 Å². The standard InChI is InChI=1S/C18H21N3OS/c1-4-13(5-2)19-17(22)16-11-15-12(3)20-21(18(15)23-16)14-9-7-6-8-10-14/h6-11,13H,4-5H2,1-3H3,(H,19,22). The lowest BCUT2D eigenvalue weighted by Gasteiger charge is -2.13. The number of carbonyl (C=O) groups is 1. The molecule has 4 nitrogen and oxygen atoms in total. The third-order valence-corrected chi connectivity index (χ3v) is 5.20. The van der Waals surface area contributed by atoms with E-state index in [1.165, 1.54) is 11.3 Å². The minimum Gasteiger partial charge on any atom is -0.349 e. The van der Waals surface area contributed by atoms with E-state index < -0.39 is 0 Å². The normalized spacial score (nSPS) is 11.3. The molecule has 0 aliphatic carbocycles. The van der Waals surface area contributed by atoms with E-state index >= 15 is 0 Å². The molecule has 1 amide bonds. The molecule has 5 heteroatoms. The van der Waals surface area contributed by atoms with Crippen molar-refractivity contribution >= 4 is 27.5 Å². The number of fused-ring (bicyclic) bond motifs is 1. The molecule has 0 aliphatic rings. The number of aromatic nitrogens is 2. The Kier molecular flexibility index (Phi) is 4.48. The lowest BCUT2D eigenvalue weighted by molar-refractivity contribution is 0.0939. The number of hydrogen-bond acceptors (Lipinski definition) is 3. The highest BCUT2D eigenvalue weighted by Gasteiger charge is 2.18. The Bertz CT molecular complexity index is 816. The maximum atomic E-state index is 12.5. The SMILES string of the molecule is CCC(CC)NC(=O)c1cc2c(C)nn(-c3ccccc3)c2s1. The molecule has 0 fully saturated rings. The largest absolute Gasteiger partial charge is 0.349 e.